The average Bonchev–Trinajstić information content (AvgIpc) is 3.19. The third kappa shape index (κ3) is 4.47. The van der Waals surface area contributed by atoms with Gasteiger partial charge in [0.2, 0.25) is 5.95 Å². The van der Waals surface area contributed by atoms with Crippen LogP contribution in [0.4, 0.5) is 11.8 Å². The molecule has 0 atom stereocenters. The third-order valence-corrected chi connectivity index (χ3v) is 3.57. The average molecular weight is 350 g/mol. The van der Waals surface area contributed by atoms with E-state index in [1.807, 2.05) is 30.3 Å². The van der Waals surface area contributed by atoms with Crippen LogP contribution in [0.1, 0.15) is 16.9 Å². The molecule has 1 amide bonds. The second-order valence-electron chi connectivity index (χ2n) is 5.42. The van der Waals surface area contributed by atoms with Crippen LogP contribution in [0.2, 0.25) is 0 Å². The number of carbonyl (C=O) groups is 1. The minimum atomic E-state index is -0.203. The molecule has 26 heavy (non-hydrogen) atoms. The highest BCUT2D eigenvalue weighted by Gasteiger charge is 2.10. The normalized spacial score (nSPS) is 10.3. The summed E-state index contributed by atoms with van der Waals surface area (Å²) in [6, 6.07) is 12.9. The van der Waals surface area contributed by atoms with Gasteiger partial charge in [-0.2, -0.15) is 10.1 Å². The van der Waals surface area contributed by atoms with Crippen LogP contribution in [-0.2, 0) is 0 Å². The van der Waals surface area contributed by atoms with Gasteiger partial charge in [-0.15, -0.1) is 5.11 Å². The molecule has 9 nitrogen and oxygen atoms in total. The Morgan fingerprint density at radius 1 is 1.19 bits per heavy atom. The molecule has 0 saturated carbocycles. The lowest BCUT2D eigenvalue weighted by Gasteiger charge is -2.05. The van der Waals surface area contributed by atoms with Crippen molar-refractivity contribution in [3.05, 3.63) is 54.4 Å². The summed E-state index contributed by atoms with van der Waals surface area (Å²) in [4.78, 5) is 20.2. The summed E-state index contributed by atoms with van der Waals surface area (Å²) in [7, 11) is 0. The Morgan fingerprint density at radius 3 is 2.85 bits per heavy atom. The number of anilines is 1. The molecule has 0 unspecified atom stereocenters. The summed E-state index contributed by atoms with van der Waals surface area (Å²) in [6.07, 6.45) is 2.23. The van der Waals surface area contributed by atoms with Gasteiger partial charge >= 0.3 is 0 Å². The summed E-state index contributed by atoms with van der Waals surface area (Å²) in [5.74, 6) is 0.501. The second-order valence-corrected chi connectivity index (χ2v) is 5.42. The van der Waals surface area contributed by atoms with E-state index >= 15 is 0 Å². The third-order valence-electron chi connectivity index (χ3n) is 3.57. The van der Waals surface area contributed by atoms with Crippen molar-refractivity contribution in [1.29, 1.82) is 5.53 Å². The summed E-state index contributed by atoms with van der Waals surface area (Å²) < 4.78 is 0. The number of aromatic amines is 1. The minimum Gasteiger partial charge on any atom is -0.354 e. The smallest absolute Gasteiger partial charge is 0.269 e. The predicted octanol–water partition coefficient (Wildman–Crippen LogP) is 2.76. The molecule has 0 spiro atoms. The zero-order valence-electron chi connectivity index (χ0n) is 13.9. The largest absolute Gasteiger partial charge is 0.354 e. The van der Waals surface area contributed by atoms with Crippen LogP contribution in [-0.4, -0.2) is 39.2 Å². The van der Waals surface area contributed by atoms with E-state index in [9.17, 15) is 4.79 Å². The van der Waals surface area contributed by atoms with Crippen molar-refractivity contribution in [3.8, 4) is 11.3 Å². The van der Waals surface area contributed by atoms with Crippen LogP contribution >= 0.6 is 0 Å². The first kappa shape index (κ1) is 17.2. The second kappa shape index (κ2) is 8.47. The summed E-state index contributed by atoms with van der Waals surface area (Å²) in [6.45, 7) is 1.08. The summed E-state index contributed by atoms with van der Waals surface area (Å²) in [5, 5.41) is 16.0. The van der Waals surface area contributed by atoms with Crippen LogP contribution in [0.25, 0.3) is 11.3 Å². The Bertz CT molecular complexity index is 877. The fraction of sp³-hybridized carbons (Fsp3) is 0.176. The maximum atomic E-state index is 12.1. The fourth-order valence-corrected chi connectivity index (χ4v) is 2.28. The Hall–Kier alpha value is -3.62. The van der Waals surface area contributed by atoms with Gasteiger partial charge in [0.05, 0.1) is 5.69 Å². The molecule has 3 rings (SSSR count). The topological polar surface area (TPSA) is 132 Å². The molecule has 0 saturated heterocycles. The highest BCUT2D eigenvalue weighted by Crippen LogP contribution is 2.16. The number of nitrogens with one attached hydrogen (secondary N) is 4. The van der Waals surface area contributed by atoms with Gasteiger partial charge in [-0.3, -0.25) is 9.89 Å². The van der Waals surface area contributed by atoms with Crippen molar-refractivity contribution in [2.24, 2.45) is 5.11 Å². The van der Waals surface area contributed by atoms with Crippen molar-refractivity contribution >= 4 is 17.7 Å². The summed E-state index contributed by atoms with van der Waals surface area (Å²) in [5.41, 5.74) is 9.02. The van der Waals surface area contributed by atoms with Crippen LogP contribution in [0.15, 0.2) is 53.8 Å². The molecule has 0 aliphatic rings. The van der Waals surface area contributed by atoms with E-state index in [-0.39, 0.29) is 5.91 Å². The number of hydrogen-bond donors (Lipinski definition) is 4. The van der Waals surface area contributed by atoms with Crippen molar-refractivity contribution in [1.82, 2.24) is 25.5 Å². The number of hydrogen-bond acceptors (Lipinski definition) is 7. The van der Waals surface area contributed by atoms with Crippen LogP contribution in [0.5, 0.6) is 0 Å². The van der Waals surface area contributed by atoms with Gasteiger partial charge in [-0.25, -0.2) is 10.5 Å². The number of benzene rings is 1. The zero-order chi connectivity index (χ0) is 18.2. The molecular formula is C17H18N8O. The lowest BCUT2D eigenvalue weighted by atomic mass is 10.1. The SMILES string of the molecule is N=Nc1ccnc(NCCCNC(=O)c2cc(-c3ccccc3)n[nH]2)n1. The van der Waals surface area contributed by atoms with E-state index in [1.165, 1.54) is 6.20 Å². The van der Waals surface area contributed by atoms with E-state index in [0.717, 1.165) is 11.3 Å². The van der Waals surface area contributed by atoms with Crippen LogP contribution in [0, 0.1) is 5.53 Å². The molecule has 0 fully saturated rings. The number of rotatable bonds is 8. The van der Waals surface area contributed by atoms with Gasteiger partial charge in [0, 0.05) is 30.9 Å². The highest BCUT2D eigenvalue weighted by molar-refractivity contribution is 5.93. The van der Waals surface area contributed by atoms with Gasteiger partial charge in [0.25, 0.3) is 5.91 Å². The molecule has 9 heteroatoms. The highest BCUT2D eigenvalue weighted by atomic mass is 16.1. The maximum Gasteiger partial charge on any atom is 0.269 e. The zero-order valence-corrected chi connectivity index (χ0v) is 13.9. The first-order valence-corrected chi connectivity index (χ1v) is 8.09. The quantitative estimate of drug-likeness (QED) is 0.366. The Kier molecular flexibility index (Phi) is 5.61. The maximum absolute atomic E-state index is 12.1. The van der Waals surface area contributed by atoms with Crippen LogP contribution in [0.3, 0.4) is 0 Å². The summed E-state index contributed by atoms with van der Waals surface area (Å²) >= 11 is 0. The number of aromatic nitrogens is 4. The first-order valence-electron chi connectivity index (χ1n) is 8.09. The molecule has 2 aromatic heterocycles. The van der Waals surface area contributed by atoms with E-state index in [1.54, 1.807) is 12.1 Å². The molecule has 4 N–H and O–H groups in total. The Morgan fingerprint density at radius 2 is 2.04 bits per heavy atom. The predicted molar refractivity (Wildman–Crippen MR) is 96.3 cm³/mol. The van der Waals surface area contributed by atoms with Crippen molar-refractivity contribution in [2.75, 3.05) is 18.4 Å². The molecule has 3 aromatic rings. The van der Waals surface area contributed by atoms with Crippen molar-refractivity contribution < 1.29 is 4.79 Å². The monoisotopic (exact) mass is 350 g/mol. The Balaban J connectivity index is 1.43. The van der Waals surface area contributed by atoms with E-state index in [0.29, 0.717) is 37.0 Å². The lowest BCUT2D eigenvalue weighted by molar-refractivity contribution is 0.0948. The molecule has 2 heterocycles. The van der Waals surface area contributed by atoms with E-state index in [2.05, 4.69) is 35.9 Å². The van der Waals surface area contributed by atoms with Gasteiger partial charge in [0.15, 0.2) is 5.82 Å². The van der Waals surface area contributed by atoms with Gasteiger partial charge in [0.1, 0.15) is 5.69 Å². The van der Waals surface area contributed by atoms with Crippen molar-refractivity contribution in [2.45, 2.75) is 6.42 Å². The number of amides is 1. The molecule has 0 aliphatic heterocycles. The number of H-pyrrole nitrogens is 1. The van der Waals surface area contributed by atoms with Gasteiger partial charge in [-0.1, -0.05) is 30.3 Å². The van der Waals surface area contributed by atoms with Crippen LogP contribution < -0.4 is 10.6 Å². The number of carbonyl (C=O) groups excluding carboxylic acids is 1. The van der Waals surface area contributed by atoms with Crippen molar-refractivity contribution in [3.63, 3.8) is 0 Å². The van der Waals surface area contributed by atoms with Gasteiger partial charge < -0.3 is 10.6 Å². The lowest BCUT2D eigenvalue weighted by Crippen LogP contribution is -2.26. The standard InChI is InChI=1S/C17H18N8O/c18-23-15-7-10-21-17(22-15)20-9-4-8-19-16(26)14-11-13(24-25-14)12-5-2-1-3-6-12/h1-3,5-7,10-11,18H,4,8-9H2,(H,19,26)(H,24,25)(H,20,21,22). The Labute approximate surface area is 149 Å². The molecular weight excluding hydrogens is 332 g/mol. The fourth-order valence-electron chi connectivity index (χ4n) is 2.28. The molecule has 0 radical (unpaired) electrons. The molecule has 1 aromatic carbocycles. The van der Waals surface area contributed by atoms with E-state index in [4.69, 9.17) is 5.53 Å². The van der Waals surface area contributed by atoms with Gasteiger partial charge in [-0.05, 0) is 12.5 Å². The molecule has 132 valence electrons. The first-order chi connectivity index (χ1) is 12.8. The molecule has 0 bridgehead atoms. The molecule has 0 aliphatic carbocycles. The minimum absolute atomic E-state index is 0.203. The van der Waals surface area contributed by atoms with E-state index < -0.39 is 0 Å². The number of nitrogens with zero attached hydrogens (tertiary/aromatic N) is 4.